The molecule has 0 aliphatic carbocycles. The van der Waals surface area contributed by atoms with E-state index in [2.05, 4.69) is 28.5 Å². The Kier molecular flexibility index (Phi) is 5.20. The molecule has 0 bridgehead atoms. The lowest BCUT2D eigenvalue weighted by atomic mass is 10.1. The van der Waals surface area contributed by atoms with Gasteiger partial charge in [0.25, 0.3) is 0 Å². The van der Waals surface area contributed by atoms with E-state index in [0.717, 1.165) is 23.1 Å². The summed E-state index contributed by atoms with van der Waals surface area (Å²) in [5.41, 5.74) is 8.79. The second kappa shape index (κ2) is 8.32. The number of ether oxygens (including phenoxy) is 2. The molecule has 0 radical (unpaired) electrons. The van der Waals surface area contributed by atoms with E-state index in [1.807, 2.05) is 24.3 Å². The number of aliphatic imine (C=N–C) groups is 2. The second-order valence-electron chi connectivity index (χ2n) is 7.54. The van der Waals surface area contributed by atoms with E-state index in [4.69, 9.17) is 20.2 Å². The van der Waals surface area contributed by atoms with Crippen molar-refractivity contribution >= 4 is 28.7 Å². The Balaban J connectivity index is 1.59. The standard InChI is InChI=1S/C24H23N5O3/c1-31-20-13-18-16(21(25)30)9-5-11-19(18)29(20)24-27-22(17-10-6-12-32-23(17)28-24)26-14-15-7-3-2-4-8-15/h2-5,7-11,13,22,26H,6,12,14H2,1H3,(H2,25,30). The number of hydrogen-bond donors (Lipinski definition) is 2. The number of nitrogens with zero attached hydrogens (tertiary/aromatic N) is 3. The van der Waals surface area contributed by atoms with Crippen LogP contribution in [0.5, 0.6) is 5.88 Å². The summed E-state index contributed by atoms with van der Waals surface area (Å²) in [5.74, 6) is 0.956. The van der Waals surface area contributed by atoms with Gasteiger partial charge >= 0.3 is 0 Å². The molecule has 1 aromatic heterocycles. The molecular formula is C24H23N5O3. The van der Waals surface area contributed by atoms with Gasteiger partial charge < -0.3 is 15.2 Å². The number of nitrogens with one attached hydrogen (secondary N) is 1. The highest BCUT2D eigenvalue weighted by molar-refractivity contribution is 6.12. The number of fused-ring (bicyclic) bond motifs is 2. The third-order valence-corrected chi connectivity index (χ3v) is 5.54. The van der Waals surface area contributed by atoms with Crippen LogP contribution in [-0.2, 0) is 11.3 Å². The lowest BCUT2D eigenvalue weighted by Crippen LogP contribution is -2.39. The van der Waals surface area contributed by atoms with E-state index in [-0.39, 0.29) is 6.17 Å². The SMILES string of the molecule is COc1cc2c(C(N)=O)cccc2n1C1=NC(NCc2ccccc2)C2=CCCOC2=N1. The van der Waals surface area contributed by atoms with Gasteiger partial charge in [-0.15, -0.1) is 0 Å². The molecule has 2 aliphatic rings. The lowest BCUT2D eigenvalue weighted by molar-refractivity contribution is 0.100. The topological polar surface area (TPSA) is 103 Å². The Morgan fingerprint density at radius 2 is 2.09 bits per heavy atom. The summed E-state index contributed by atoms with van der Waals surface area (Å²) in [4.78, 5) is 21.5. The van der Waals surface area contributed by atoms with Crippen molar-refractivity contribution < 1.29 is 14.3 Å². The minimum absolute atomic E-state index is 0.334. The highest BCUT2D eigenvalue weighted by Gasteiger charge is 2.29. The monoisotopic (exact) mass is 429 g/mol. The zero-order valence-corrected chi connectivity index (χ0v) is 17.6. The molecule has 162 valence electrons. The highest BCUT2D eigenvalue weighted by atomic mass is 16.5. The van der Waals surface area contributed by atoms with Crippen LogP contribution >= 0.6 is 0 Å². The number of carbonyl (C=O) groups excluding carboxylic acids is 1. The molecule has 5 rings (SSSR count). The Hall–Kier alpha value is -3.91. The van der Waals surface area contributed by atoms with Crippen molar-refractivity contribution in [1.82, 2.24) is 9.88 Å². The maximum Gasteiger partial charge on any atom is 0.249 e. The van der Waals surface area contributed by atoms with Gasteiger partial charge in [-0.3, -0.25) is 10.1 Å². The zero-order valence-electron chi connectivity index (χ0n) is 17.6. The summed E-state index contributed by atoms with van der Waals surface area (Å²) in [7, 11) is 1.57. The van der Waals surface area contributed by atoms with Gasteiger partial charge in [0, 0.05) is 35.6 Å². The number of methoxy groups -OCH3 is 1. The van der Waals surface area contributed by atoms with Crippen LogP contribution in [0.4, 0.5) is 0 Å². The average Bonchev–Trinajstić information content (AvgIpc) is 3.21. The van der Waals surface area contributed by atoms with Crippen LogP contribution in [0, 0.1) is 0 Å². The Labute approximate surface area is 185 Å². The number of amides is 1. The fourth-order valence-electron chi connectivity index (χ4n) is 4.02. The number of aromatic nitrogens is 1. The molecular weight excluding hydrogens is 406 g/mol. The van der Waals surface area contributed by atoms with Crippen LogP contribution in [0.1, 0.15) is 22.3 Å². The van der Waals surface area contributed by atoms with Gasteiger partial charge in [0.2, 0.25) is 23.6 Å². The minimum atomic E-state index is -0.504. The van der Waals surface area contributed by atoms with Crippen molar-refractivity contribution in [3.05, 3.63) is 77.4 Å². The summed E-state index contributed by atoms with van der Waals surface area (Å²) in [6, 6.07) is 17.3. The number of nitrogens with two attached hydrogens (primary N) is 1. The molecule has 2 aliphatic heterocycles. The quantitative estimate of drug-likeness (QED) is 0.651. The molecule has 8 heteroatoms. The molecule has 3 aromatic rings. The number of benzene rings is 2. The van der Waals surface area contributed by atoms with E-state index in [9.17, 15) is 4.79 Å². The molecule has 1 atom stereocenters. The lowest BCUT2D eigenvalue weighted by Gasteiger charge is -2.27. The predicted octanol–water partition coefficient (Wildman–Crippen LogP) is 2.83. The number of hydrogen-bond acceptors (Lipinski definition) is 6. The molecule has 0 saturated carbocycles. The third kappa shape index (κ3) is 3.54. The van der Waals surface area contributed by atoms with E-state index in [0.29, 0.717) is 41.8 Å². The summed E-state index contributed by atoms with van der Waals surface area (Å²) in [6.45, 7) is 1.21. The number of primary amides is 1. The Morgan fingerprint density at radius 3 is 2.88 bits per heavy atom. The van der Waals surface area contributed by atoms with Gasteiger partial charge in [-0.1, -0.05) is 42.5 Å². The molecule has 1 amide bonds. The summed E-state index contributed by atoms with van der Waals surface area (Å²) >= 11 is 0. The van der Waals surface area contributed by atoms with Gasteiger partial charge in [-0.05, 0) is 17.7 Å². The first-order valence-corrected chi connectivity index (χ1v) is 10.4. The Bertz CT molecular complexity index is 1270. The van der Waals surface area contributed by atoms with Crippen LogP contribution in [0.15, 0.2) is 76.2 Å². The second-order valence-corrected chi connectivity index (χ2v) is 7.54. The van der Waals surface area contributed by atoms with Crippen molar-refractivity contribution in [2.75, 3.05) is 13.7 Å². The smallest absolute Gasteiger partial charge is 0.249 e. The molecule has 8 nitrogen and oxygen atoms in total. The molecule has 0 spiro atoms. The molecule has 1 unspecified atom stereocenters. The van der Waals surface area contributed by atoms with Gasteiger partial charge in [0.1, 0.15) is 6.17 Å². The van der Waals surface area contributed by atoms with Crippen molar-refractivity contribution in [2.24, 2.45) is 15.7 Å². The summed E-state index contributed by atoms with van der Waals surface area (Å²) in [6.07, 6.45) is 2.58. The maximum absolute atomic E-state index is 11.9. The molecule has 2 aromatic carbocycles. The van der Waals surface area contributed by atoms with Crippen LogP contribution < -0.4 is 15.8 Å². The van der Waals surface area contributed by atoms with Crippen molar-refractivity contribution in [1.29, 1.82) is 0 Å². The molecule has 32 heavy (non-hydrogen) atoms. The van der Waals surface area contributed by atoms with Crippen molar-refractivity contribution in [3.8, 4) is 5.88 Å². The Morgan fingerprint density at radius 1 is 1.25 bits per heavy atom. The first-order valence-electron chi connectivity index (χ1n) is 10.4. The zero-order chi connectivity index (χ0) is 22.1. The van der Waals surface area contributed by atoms with Crippen LogP contribution in [0.3, 0.4) is 0 Å². The van der Waals surface area contributed by atoms with E-state index < -0.39 is 5.91 Å². The molecule has 0 fully saturated rings. The van der Waals surface area contributed by atoms with E-state index in [1.54, 1.807) is 29.9 Å². The highest BCUT2D eigenvalue weighted by Crippen LogP contribution is 2.30. The first kappa shape index (κ1) is 20.0. The minimum Gasteiger partial charge on any atom is -0.482 e. The van der Waals surface area contributed by atoms with Gasteiger partial charge in [0.05, 0.1) is 19.2 Å². The number of rotatable bonds is 5. The van der Waals surface area contributed by atoms with Gasteiger partial charge in [-0.25, -0.2) is 9.56 Å². The number of carbonyl (C=O) groups is 1. The summed E-state index contributed by atoms with van der Waals surface area (Å²) in [5, 5.41) is 4.18. The van der Waals surface area contributed by atoms with Crippen molar-refractivity contribution in [3.63, 3.8) is 0 Å². The fraction of sp³-hybridized carbons (Fsp3) is 0.208. The molecule has 3 heterocycles. The van der Waals surface area contributed by atoms with E-state index in [1.165, 1.54) is 0 Å². The van der Waals surface area contributed by atoms with Gasteiger partial charge in [-0.2, -0.15) is 4.99 Å². The normalized spacial score (nSPS) is 17.7. The largest absolute Gasteiger partial charge is 0.482 e. The first-order chi connectivity index (χ1) is 15.7. The maximum atomic E-state index is 11.9. The van der Waals surface area contributed by atoms with Crippen LogP contribution in [0.25, 0.3) is 10.9 Å². The van der Waals surface area contributed by atoms with Gasteiger partial charge in [0.15, 0.2) is 0 Å². The average molecular weight is 429 g/mol. The third-order valence-electron chi connectivity index (χ3n) is 5.54. The van der Waals surface area contributed by atoms with Crippen molar-refractivity contribution in [2.45, 2.75) is 19.1 Å². The summed E-state index contributed by atoms with van der Waals surface area (Å²) < 4.78 is 13.3. The fourth-order valence-corrected chi connectivity index (χ4v) is 4.02. The van der Waals surface area contributed by atoms with Crippen LogP contribution in [-0.4, -0.2) is 42.2 Å². The molecule has 0 saturated heterocycles. The van der Waals surface area contributed by atoms with Crippen LogP contribution in [0.2, 0.25) is 0 Å². The van der Waals surface area contributed by atoms with E-state index >= 15 is 0 Å². The molecule has 3 N–H and O–H groups in total. The predicted molar refractivity (Wildman–Crippen MR) is 123 cm³/mol.